The number of imide groups is 2. The quantitative estimate of drug-likeness (QED) is 0.669. The van der Waals surface area contributed by atoms with Gasteiger partial charge in [-0.15, -0.1) is 0 Å². The summed E-state index contributed by atoms with van der Waals surface area (Å²) in [4.78, 5) is 39.8. The second kappa shape index (κ2) is 7.27. The molecule has 6 heteroatoms. The molecule has 0 atom stereocenters. The Balaban J connectivity index is 1.87. The lowest BCUT2D eigenvalue weighted by atomic mass is 9.87. The maximum Gasteiger partial charge on any atom is 0.338 e. The number of benzene rings is 2. The van der Waals surface area contributed by atoms with E-state index in [0.29, 0.717) is 10.2 Å². The van der Waals surface area contributed by atoms with Crippen LogP contribution < -0.4 is 4.90 Å². The van der Waals surface area contributed by atoms with Gasteiger partial charge in [0.15, 0.2) is 0 Å². The van der Waals surface area contributed by atoms with Crippen LogP contribution in [0, 0.1) is 0 Å². The highest BCUT2D eigenvalue weighted by molar-refractivity contribution is 9.10. The van der Waals surface area contributed by atoms with Gasteiger partial charge in [-0.25, -0.2) is 9.69 Å². The third-order valence-corrected chi connectivity index (χ3v) is 5.20. The number of halogens is 1. The normalized spacial score (nSPS) is 15.5. The van der Waals surface area contributed by atoms with Gasteiger partial charge in [0.25, 0.3) is 0 Å². The van der Waals surface area contributed by atoms with E-state index in [1.165, 1.54) is 5.56 Å². The first-order valence-electron chi connectivity index (χ1n) is 8.69. The molecule has 2 aromatic carbocycles. The lowest BCUT2D eigenvalue weighted by molar-refractivity contribution is -0.135. The van der Waals surface area contributed by atoms with Crippen LogP contribution in [0.5, 0.6) is 0 Å². The van der Waals surface area contributed by atoms with Crippen LogP contribution in [0.25, 0.3) is 0 Å². The summed E-state index contributed by atoms with van der Waals surface area (Å²) in [5, 5.41) is 0. The number of amides is 4. The fourth-order valence-corrected chi connectivity index (χ4v) is 3.42. The number of carbonyl (C=O) groups is 3. The van der Waals surface area contributed by atoms with Gasteiger partial charge < -0.3 is 0 Å². The maximum atomic E-state index is 12.9. The van der Waals surface area contributed by atoms with Gasteiger partial charge in [-0.2, -0.15) is 0 Å². The predicted molar refractivity (Wildman–Crippen MR) is 107 cm³/mol. The molecule has 1 fully saturated rings. The zero-order valence-corrected chi connectivity index (χ0v) is 17.1. The number of carbonyl (C=O) groups excluding carboxylic acids is 3. The Morgan fingerprint density at radius 2 is 1.56 bits per heavy atom. The summed E-state index contributed by atoms with van der Waals surface area (Å²) >= 11 is 3.37. The molecule has 1 aliphatic heterocycles. The fraction of sp³-hybridized carbons (Fsp3) is 0.286. The number of anilines is 1. The minimum absolute atomic E-state index is 0.0259. The third-order valence-electron chi connectivity index (χ3n) is 4.53. The number of barbiturate groups is 1. The first-order chi connectivity index (χ1) is 12.7. The van der Waals surface area contributed by atoms with Gasteiger partial charge in [-0.1, -0.05) is 57.2 Å². The first kappa shape index (κ1) is 19.3. The van der Waals surface area contributed by atoms with E-state index < -0.39 is 17.8 Å². The molecule has 0 N–H and O–H groups in total. The van der Waals surface area contributed by atoms with Crippen molar-refractivity contribution >= 4 is 39.5 Å². The van der Waals surface area contributed by atoms with Gasteiger partial charge in [-0.05, 0) is 44.6 Å². The summed E-state index contributed by atoms with van der Waals surface area (Å²) in [5.41, 5.74) is 2.48. The van der Waals surface area contributed by atoms with Gasteiger partial charge in [0.05, 0.1) is 12.2 Å². The van der Waals surface area contributed by atoms with E-state index in [1.807, 2.05) is 24.3 Å². The molecule has 4 amide bonds. The lowest BCUT2D eigenvalue weighted by Crippen LogP contribution is -2.55. The van der Waals surface area contributed by atoms with Crippen molar-refractivity contribution in [2.45, 2.75) is 39.2 Å². The highest BCUT2D eigenvalue weighted by atomic mass is 79.9. The van der Waals surface area contributed by atoms with E-state index in [4.69, 9.17) is 0 Å². The molecule has 140 valence electrons. The molecule has 0 spiro atoms. The molecule has 3 rings (SSSR count). The van der Waals surface area contributed by atoms with Crippen LogP contribution in [0.4, 0.5) is 10.5 Å². The number of para-hydroxylation sites is 1. The monoisotopic (exact) mass is 428 g/mol. The molecule has 0 saturated carbocycles. The van der Waals surface area contributed by atoms with Gasteiger partial charge in [0.2, 0.25) is 11.8 Å². The van der Waals surface area contributed by atoms with Crippen molar-refractivity contribution in [3.8, 4) is 0 Å². The smallest absolute Gasteiger partial charge is 0.274 e. The lowest BCUT2D eigenvalue weighted by Gasteiger charge is -2.33. The Morgan fingerprint density at radius 3 is 2.15 bits per heavy atom. The fourth-order valence-electron chi connectivity index (χ4n) is 2.96. The largest absolute Gasteiger partial charge is 0.338 e. The topological polar surface area (TPSA) is 57.7 Å². The first-order valence-corrected chi connectivity index (χ1v) is 9.49. The number of urea groups is 1. The molecule has 1 aliphatic rings. The van der Waals surface area contributed by atoms with E-state index in [9.17, 15) is 14.4 Å². The average molecular weight is 429 g/mol. The molecular formula is C21H21BrN2O3. The molecule has 0 bridgehead atoms. The summed E-state index contributed by atoms with van der Waals surface area (Å²) < 4.78 is 0.621. The number of rotatable bonds is 3. The SMILES string of the molecule is CC(C)(C)c1ccc(CN2C(=O)CC(=O)N(c3ccccc3Br)C2=O)cc1. The molecule has 1 heterocycles. The molecule has 0 aliphatic carbocycles. The predicted octanol–water partition coefficient (Wildman–Crippen LogP) is 4.63. The summed E-state index contributed by atoms with van der Waals surface area (Å²) in [6, 6.07) is 14.2. The minimum atomic E-state index is -0.622. The zero-order chi connectivity index (χ0) is 19.8. The van der Waals surface area contributed by atoms with Crippen LogP contribution in [0.15, 0.2) is 53.0 Å². The van der Waals surface area contributed by atoms with Crippen LogP contribution in [0.3, 0.4) is 0 Å². The molecule has 5 nitrogen and oxygen atoms in total. The van der Waals surface area contributed by atoms with Crippen LogP contribution in [-0.4, -0.2) is 22.7 Å². The van der Waals surface area contributed by atoms with Crippen molar-refractivity contribution in [2.24, 2.45) is 0 Å². The summed E-state index contributed by atoms with van der Waals surface area (Å²) in [6.07, 6.45) is -0.326. The van der Waals surface area contributed by atoms with E-state index >= 15 is 0 Å². The van der Waals surface area contributed by atoms with Gasteiger partial charge in [0, 0.05) is 4.47 Å². The highest BCUT2D eigenvalue weighted by Crippen LogP contribution is 2.30. The van der Waals surface area contributed by atoms with Crippen LogP contribution in [0.1, 0.15) is 38.3 Å². The Labute approximate surface area is 167 Å². The summed E-state index contributed by atoms with van der Waals surface area (Å²) in [6.45, 7) is 6.51. The summed E-state index contributed by atoms with van der Waals surface area (Å²) in [7, 11) is 0. The number of hydrogen-bond acceptors (Lipinski definition) is 3. The third kappa shape index (κ3) is 3.95. The van der Waals surface area contributed by atoms with Crippen molar-refractivity contribution in [1.82, 2.24) is 4.90 Å². The van der Waals surface area contributed by atoms with E-state index in [1.54, 1.807) is 24.3 Å². The van der Waals surface area contributed by atoms with Crippen molar-refractivity contribution in [3.63, 3.8) is 0 Å². The van der Waals surface area contributed by atoms with Gasteiger partial charge >= 0.3 is 6.03 Å². The van der Waals surface area contributed by atoms with Crippen molar-refractivity contribution in [2.75, 3.05) is 4.90 Å². The molecule has 1 saturated heterocycles. The van der Waals surface area contributed by atoms with Crippen molar-refractivity contribution < 1.29 is 14.4 Å². The highest BCUT2D eigenvalue weighted by Gasteiger charge is 2.39. The van der Waals surface area contributed by atoms with E-state index in [-0.39, 0.29) is 18.4 Å². The Kier molecular flexibility index (Phi) is 5.20. The molecule has 2 aromatic rings. The van der Waals surface area contributed by atoms with Crippen LogP contribution in [-0.2, 0) is 21.5 Å². The zero-order valence-electron chi connectivity index (χ0n) is 15.5. The Hall–Kier alpha value is -2.47. The Bertz CT molecular complexity index is 900. The van der Waals surface area contributed by atoms with Gasteiger partial charge in [-0.3, -0.25) is 14.5 Å². The molecule has 0 unspecified atom stereocenters. The van der Waals surface area contributed by atoms with Crippen molar-refractivity contribution in [1.29, 1.82) is 0 Å². The second-order valence-electron chi connectivity index (χ2n) is 7.57. The van der Waals surface area contributed by atoms with Crippen LogP contribution in [0.2, 0.25) is 0 Å². The molecule has 0 radical (unpaired) electrons. The summed E-state index contributed by atoms with van der Waals surface area (Å²) in [5.74, 6) is -0.996. The molecule has 0 aromatic heterocycles. The van der Waals surface area contributed by atoms with Crippen LogP contribution >= 0.6 is 15.9 Å². The molecular weight excluding hydrogens is 408 g/mol. The number of hydrogen-bond donors (Lipinski definition) is 0. The standard InChI is InChI=1S/C21H21BrN2O3/c1-21(2,3)15-10-8-14(9-11-15)13-23-18(25)12-19(26)24(20(23)27)17-7-5-4-6-16(17)22/h4-11H,12-13H2,1-3H3. The Morgan fingerprint density at radius 1 is 0.926 bits per heavy atom. The van der Waals surface area contributed by atoms with Gasteiger partial charge in [0.1, 0.15) is 6.42 Å². The van der Waals surface area contributed by atoms with Crippen molar-refractivity contribution in [3.05, 3.63) is 64.1 Å². The molecule has 27 heavy (non-hydrogen) atoms. The van der Waals surface area contributed by atoms with E-state index in [2.05, 4.69) is 36.7 Å². The average Bonchev–Trinajstić information content (AvgIpc) is 2.60. The second-order valence-corrected chi connectivity index (χ2v) is 8.42. The maximum absolute atomic E-state index is 12.9. The number of nitrogens with zero attached hydrogens (tertiary/aromatic N) is 2. The minimum Gasteiger partial charge on any atom is -0.274 e. The van der Waals surface area contributed by atoms with E-state index in [0.717, 1.165) is 15.4 Å².